The van der Waals surface area contributed by atoms with Crippen molar-refractivity contribution in [2.24, 2.45) is 0 Å². The van der Waals surface area contributed by atoms with E-state index in [1.165, 1.54) is 0 Å². The Morgan fingerprint density at radius 2 is 2.29 bits per heavy atom. The van der Waals surface area contributed by atoms with Gasteiger partial charge in [0.15, 0.2) is 0 Å². The number of fused-ring (bicyclic) bond motifs is 1. The Bertz CT molecular complexity index is 377. The van der Waals surface area contributed by atoms with Gasteiger partial charge in [-0.1, -0.05) is 11.6 Å². The summed E-state index contributed by atoms with van der Waals surface area (Å²) in [5.41, 5.74) is -0.214. The van der Waals surface area contributed by atoms with Crippen LogP contribution in [0.4, 0.5) is 0 Å². The first-order valence-corrected chi connectivity index (χ1v) is 5.53. The smallest absolute Gasteiger partial charge is 0.141 e. The molecule has 0 spiro atoms. The average Bonchev–Trinajstić information content (AvgIpc) is 2.10. The first kappa shape index (κ1) is 10.3. The third-order valence-electron chi connectivity index (χ3n) is 2.43. The largest absolute Gasteiger partial charge is 0.492 e. The third kappa shape index (κ3) is 1.53. The highest BCUT2D eigenvalue weighted by atomic mass is 79.9. The average molecular weight is 278 g/mol. The molecule has 76 valence electrons. The van der Waals surface area contributed by atoms with Crippen LogP contribution in [0.2, 0.25) is 5.02 Å². The molecule has 14 heavy (non-hydrogen) atoms. The molecule has 0 amide bonds. The molecule has 1 heterocycles. The van der Waals surface area contributed by atoms with Crippen LogP contribution in [0.3, 0.4) is 0 Å². The van der Waals surface area contributed by atoms with Gasteiger partial charge in [-0.25, -0.2) is 0 Å². The maximum Gasteiger partial charge on any atom is 0.141 e. The minimum Gasteiger partial charge on any atom is -0.492 e. The normalized spacial score (nSPS) is 25.4. The molecule has 1 atom stereocenters. The number of ether oxygens (including phenoxy) is 1. The van der Waals surface area contributed by atoms with Crippen molar-refractivity contribution in [1.29, 1.82) is 0 Å². The Kier molecular flexibility index (Phi) is 2.50. The Balaban J connectivity index is 2.67. The fourth-order valence-electron chi connectivity index (χ4n) is 1.65. The molecule has 0 fully saturated rings. The first-order chi connectivity index (χ1) is 6.52. The van der Waals surface area contributed by atoms with E-state index in [0.717, 1.165) is 4.47 Å². The summed E-state index contributed by atoms with van der Waals surface area (Å²) in [6.45, 7) is 2.27. The lowest BCUT2D eigenvalue weighted by atomic mass is 9.90. The second kappa shape index (κ2) is 3.40. The molecule has 1 aromatic rings. The van der Waals surface area contributed by atoms with Crippen LogP contribution in [0.15, 0.2) is 16.6 Å². The SMILES string of the molecule is CC1(O)CCOc2c(Br)ccc(Cl)c21. The first-order valence-electron chi connectivity index (χ1n) is 4.36. The molecular weight excluding hydrogens is 267 g/mol. The van der Waals surface area contributed by atoms with Crippen molar-refractivity contribution in [2.45, 2.75) is 18.9 Å². The lowest BCUT2D eigenvalue weighted by Gasteiger charge is -2.32. The van der Waals surface area contributed by atoms with Crippen LogP contribution in [0.1, 0.15) is 18.9 Å². The summed E-state index contributed by atoms with van der Waals surface area (Å²) in [5, 5.41) is 10.7. The van der Waals surface area contributed by atoms with E-state index >= 15 is 0 Å². The van der Waals surface area contributed by atoms with Crippen LogP contribution in [-0.4, -0.2) is 11.7 Å². The molecule has 0 aromatic heterocycles. The van der Waals surface area contributed by atoms with Gasteiger partial charge < -0.3 is 9.84 Å². The summed E-state index contributed by atoms with van der Waals surface area (Å²) < 4.78 is 6.31. The molecule has 1 aliphatic rings. The topological polar surface area (TPSA) is 29.5 Å². The molecule has 1 unspecified atom stereocenters. The van der Waals surface area contributed by atoms with Gasteiger partial charge in [0.2, 0.25) is 0 Å². The molecule has 1 N–H and O–H groups in total. The van der Waals surface area contributed by atoms with Crippen molar-refractivity contribution >= 4 is 27.5 Å². The van der Waals surface area contributed by atoms with Gasteiger partial charge in [-0.15, -0.1) is 0 Å². The zero-order chi connectivity index (χ0) is 10.3. The summed E-state index contributed by atoms with van der Waals surface area (Å²) in [6, 6.07) is 3.58. The van der Waals surface area contributed by atoms with E-state index in [9.17, 15) is 5.11 Å². The Morgan fingerprint density at radius 3 is 2.93 bits per heavy atom. The Morgan fingerprint density at radius 1 is 1.57 bits per heavy atom. The monoisotopic (exact) mass is 276 g/mol. The van der Waals surface area contributed by atoms with E-state index in [2.05, 4.69) is 15.9 Å². The molecular formula is C10H10BrClO2. The highest BCUT2D eigenvalue weighted by Crippen LogP contribution is 2.44. The number of aliphatic hydroxyl groups is 1. The van der Waals surface area contributed by atoms with Crippen molar-refractivity contribution in [2.75, 3.05) is 6.61 Å². The lowest BCUT2D eigenvalue weighted by molar-refractivity contribution is 0.0145. The highest BCUT2D eigenvalue weighted by Gasteiger charge is 2.34. The minimum atomic E-state index is -0.894. The van der Waals surface area contributed by atoms with Gasteiger partial charge in [0.05, 0.1) is 21.7 Å². The van der Waals surface area contributed by atoms with Crippen molar-refractivity contribution < 1.29 is 9.84 Å². The van der Waals surface area contributed by atoms with Crippen molar-refractivity contribution in [3.63, 3.8) is 0 Å². The summed E-state index contributed by atoms with van der Waals surface area (Å²) in [6.07, 6.45) is 0.566. The fraction of sp³-hybridized carbons (Fsp3) is 0.400. The van der Waals surface area contributed by atoms with Gasteiger partial charge in [-0.05, 0) is 35.0 Å². The van der Waals surface area contributed by atoms with E-state index in [1.54, 1.807) is 13.0 Å². The molecule has 1 aromatic carbocycles. The maximum absolute atomic E-state index is 10.1. The van der Waals surface area contributed by atoms with Crippen LogP contribution in [0.5, 0.6) is 5.75 Å². The number of benzene rings is 1. The third-order valence-corrected chi connectivity index (χ3v) is 3.37. The molecule has 0 bridgehead atoms. The van der Waals surface area contributed by atoms with Gasteiger partial charge in [0.1, 0.15) is 5.75 Å². The quantitative estimate of drug-likeness (QED) is 0.789. The van der Waals surface area contributed by atoms with Crippen LogP contribution in [0, 0.1) is 0 Å². The molecule has 0 radical (unpaired) electrons. The van der Waals surface area contributed by atoms with E-state index in [-0.39, 0.29) is 0 Å². The fourth-order valence-corrected chi connectivity index (χ4v) is 2.45. The van der Waals surface area contributed by atoms with Gasteiger partial charge in [-0.3, -0.25) is 0 Å². The number of halogens is 2. The second-order valence-corrected chi connectivity index (χ2v) is 4.87. The van der Waals surface area contributed by atoms with E-state index in [1.807, 2.05) is 6.07 Å². The van der Waals surface area contributed by atoms with Crippen molar-refractivity contribution in [3.8, 4) is 5.75 Å². The lowest BCUT2D eigenvalue weighted by Crippen LogP contribution is -2.29. The maximum atomic E-state index is 10.1. The van der Waals surface area contributed by atoms with Gasteiger partial charge in [-0.2, -0.15) is 0 Å². The summed E-state index contributed by atoms with van der Waals surface area (Å²) >= 11 is 9.41. The van der Waals surface area contributed by atoms with Crippen LogP contribution in [0.25, 0.3) is 0 Å². The van der Waals surface area contributed by atoms with E-state index in [4.69, 9.17) is 16.3 Å². The standard InChI is InChI=1S/C10H10BrClO2/c1-10(13)4-5-14-9-6(11)2-3-7(12)8(9)10/h2-3,13H,4-5H2,1H3. The Labute approximate surface area is 96.0 Å². The molecule has 1 aliphatic heterocycles. The molecule has 0 saturated heterocycles. The summed E-state index contributed by atoms with van der Waals surface area (Å²) in [4.78, 5) is 0. The zero-order valence-electron chi connectivity index (χ0n) is 7.68. The van der Waals surface area contributed by atoms with Crippen LogP contribution in [-0.2, 0) is 5.60 Å². The molecule has 0 saturated carbocycles. The van der Waals surface area contributed by atoms with Gasteiger partial charge in [0, 0.05) is 12.0 Å². The van der Waals surface area contributed by atoms with Crippen molar-refractivity contribution in [1.82, 2.24) is 0 Å². The predicted molar refractivity (Wildman–Crippen MR) is 58.8 cm³/mol. The van der Waals surface area contributed by atoms with E-state index < -0.39 is 5.60 Å². The zero-order valence-corrected chi connectivity index (χ0v) is 10.0. The highest BCUT2D eigenvalue weighted by molar-refractivity contribution is 9.10. The number of rotatable bonds is 0. The Hall–Kier alpha value is -0.250. The van der Waals surface area contributed by atoms with Crippen LogP contribution >= 0.6 is 27.5 Å². The van der Waals surface area contributed by atoms with Crippen LogP contribution < -0.4 is 4.74 Å². The molecule has 4 heteroatoms. The van der Waals surface area contributed by atoms with Gasteiger partial charge >= 0.3 is 0 Å². The van der Waals surface area contributed by atoms with E-state index in [0.29, 0.717) is 29.4 Å². The van der Waals surface area contributed by atoms with Crippen molar-refractivity contribution in [3.05, 3.63) is 27.2 Å². The summed E-state index contributed by atoms with van der Waals surface area (Å²) in [5.74, 6) is 0.661. The molecule has 2 nitrogen and oxygen atoms in total. The second-order valence-electron chi connectivity index (χ2n) is 3.61. The predicted octanol–water partition coefficient (Wildman–Crippen LogP) is 3.09. The van der Waals surface area contributed by atoms with Gasteiger partial charge in [0.25, 0.3) is 0 Å². The molecule has 0 aliphatic carbocycles. The summed E-state index contributed by atoms with van der Waals surface area (Å²) in [7, 11) is 0. The molecule has 2 rings (SSSR count). The number of hydrogen-bond donors (Lipinski definition) is 1. The minimum absolute atomic E-state index is 0.513. The number of hydrogen-bond acceptors (Lipinski definition) is 2.